The number of benzene rings is 1. The monoisotopic (exact) mass is 306 g/mol. The van der Waals surface area contributed by atoms with Crippen molar-refractivity contribution in [3.63, 3.8) is 0 Å². The minimum atomic E-state index is -3.47. The van der Waals surface area contributed by atoms with Crippen molar-refractivity contribution in [1.29, 1.82) is 0 Å². The lowest BCUT2D eigenvalue weighted by Gasteiger charge is -2.32. The molecule has 0 aromatic heterocycles. The first-order chi connectivity index (χ1) is 8.43. The van der Waals surface area contributed by atoms with Crippen LogP contribution in [-0.2, 0) is 10.0 Å². The Morgan fingerprint density at radius 1 is 1.50 bits per heavy atom. The lowest BCUT2D eigenvalue weighted by Crippen LogP contribution is -2.44. The predicted octanol–water partition coefficient (Wildman–Crippen LogP) is 2.05. The quantitative estimate of drug-likeness (QED) is 0.849. The van der Waals surface area contributed by atoms with Gasteiger partial charge in [-0.15, -0.1) is 0 Å². The van der Waals surface area contributed by atoms with Crippen LogP contribution < -0.4 is 5.73 Å². The van der Waals surface area contributed by atoms with E-state index in [4.69, 9.17) is 17.3 Å². The normalized spacial score (nSPS) is 22.0. The second kappa shape index (κ2) is 5.28. The number of hydrogen-bond acceptors (Lipinski definition) is 4. The number of thioether (sulfide) groups is 1. The second-order valence-electron chi connectivity index (χ2n) is 4.22. The average molecular weight is 307 g/mol. The highest BCUT2D eigenvalue weighted by molar-refractivity contribution is 7.99. The maximum Gasteiger partial charge on any atom is 0.243 e. The number of nitrogens with zero attached hydrogens (tertiary/aromatic N) is 1. The SMILES string of the molecule is CC1CSCCN1S(=O)(=O)c1ccc(N)c(Cl)c1. The molecule has 0 spiro atoms. The Bertz CT molecular complexity index is 548. The maximum absolute atomic E-state index is 12.5. The summed E-state index contributed by atoms with van der Waals surface area (Å²) in [7, 11) is -3.47. The van der Waals surface area contributed by atoms with Crippen LogP contribution in [0.25, 0.3) is 0 Å². The van der Waals surface area contributed by atoms with E-state index in [1.807, 2.05) is 6.92 Å². The molecule has 1 fully saturated rings. The number of rotatable bonds is 2. The minimum Gasteiger partial charge on any atom is -0.398 e. The number of nitrogens with two attached hydrogens (primary N) is 1. The summed E-state index contributed by atoms with van der Waals surface area (Å²) >= 11 is 7.65. The van der Waals surface area contributed by atoms with Crippen molar-refractivity contribution >= 4 is 39.1 Å². The molecule has 100 valence electrons. The lowest BCUT2D eigenvalue weighted by atomic mass is 10.3. The van der Waals surface area contributed by atoms with E-state index in [0.29, 0.717) is 12.2 Å². The zero-order chi connectivity index (χ0) is 13.3. The van der Waals surface area contributed by atoms with Crippen molar-refractivity contribution in [2.75, 3.05) is 23.8 Å². The van der Waals surface area contributed by atoms with Crippen LogP contribution in [0.3, 0.4) is 0 Å². The molecule has 1 aliphatic heterocycles. The van der Waals surface area contributed by atoms with Crippen LogP contribution in [0.15, 0.2) is 23.1 Å². The first-order valence-electron chi connectivity index (χ1n) is 5.57. The van der Waals surface area contributed by atoms with Gasteiger partial charge in [-0.05, 0) is 25.1 Å². The number of hydrogen-bond donors (Lipinski definition) is 1. The van der Waals surface area contributed by atoms with Crippen LogP contribution in [0.4, 0.5) is 5.69 Å². The topological polar surface area (TPSA) is 63.4 Å². The van der Waals surface area contributed by atoms with Crippen molar-refractivity contribution in [1.82, 2.24) is 4.31 Å². The third-order valence-electron chi connectivity index (χ3n) is 2.89. The molecule has 1 unspecified atom stereocenters. The van der Waals surface area contributed by atoms with Gasteiger partial charge in [0.2, 0.25) is 10.0 Å². The van der Waals surface area contributed by atoms with E-state index in [1.165, 1.54) is 22.5 Å². The first kappa shape index (κ1) is 14.0. The van der Waals surface area contributed by atoms with Crippen LogP contribution >= 0.6 is 23.4 Å². The second-order valence-corrected chi connectivity index (χ2v) is 7.67. The zero-order valence-electron chi connectivity index (χ0n) is 9.97. The van der Waals surface area contributed by atoms with Gasteiger partial charge in [0.1, 0.15) is 0 Å². The van der Waals surface area contributed by atoms with Gasteiger partial charge in [-0.1, -0.05) is 11.6 Å². The molecule has 2 rings (SSSR count). The largest absolute Gasteiger partial charge is 0.398 e. The number of anilines is 1. The van der Waals surface area contributed by atoms with Crippen LogP contribution in [0.2, 0.25) is 5.02 Å². The van der Waals surface area contributed by atoms with Crippen LogP contribution in [-0.4, -0.2) is 36.8 Å². The van der Waals surface area contributed by atoms with E-state index < -0.39 is 10.0 Å². The summed E-state index contributed by atoms with van der Waals surface area (Å²) in [6, 6.07) is 4.45. The van der Waals surface area contributed by atoms with Crippen LogP contribution in [0.5, 0.6) is 0 Å². The van der Waals surface area contributed by atoms with E-state index in [1.54, 1.807) is 11.8 Å². The van der Waals surface area contributed by atoms with Gasteiger partial charge in [-0.2, -0.15) is 16.1 Å². The highest BCUT2D eigenvalue weighted by atomic mass is 35.5. The number of nitrogen functional groups attached to an aromatic ring is 1. The van der Waals surface area contributed by atoms with E-state index in [0.717, 1.165) is 11.5 Å². The summed E-state index contributed by atoms with van der Waals surface area (Å²) in [5.41, 5.74) is 5.98. The molecule has 0 amide bonds. The van der Waals surface area contributed by atoms with Crippen molar-refractivity contribution < 1.29 is 8.42 Å². The van der Waals surface area contributed by atoms with Gasteiger partial charge >= 0.3 is 0 Å². The summed E-state index contributed by atoms with van der Waals surface area (Å²) < 4.78 is 26.5. The average Bonchev–Trinajstić information content (AvgIpc) is 2.33. The van der Waals surface area contributed by atoms with E-state index in [-0.39, 0.29) is 16.0 Å². The molecule has 2 N–H and O–H groups in total. The van der Waals surface area contributed by atoms with Crippen molar-refractivity contribution in [3.8, 4) is 0 Å². The molecule has 1 aliphatic rings. The Labute approximate surface area is 117 Å². The Hall–Kier alpha value is -0.430. The summed E-state index contributed by atoms with van der Waals surface area (Å²) in [6.45, 7) is 2.46. The van der Waals surface area contributed by atoms with Gasteiger partial charge in [-0.3, -0.25) is 0 Å². The molecule has 1 heterocycles. The molecule has 0 aliphatic carbocycles. The van der Waals surface area contributed by atoms with Crippen molar-refractivity contribution in [2.24, 2.45) is 0 Å². The standard InChI is InChI=1S/C11H15ClN2O2S2/c1-8-7-17-5-4-14(8)18(15,16)9-2-3-11(13)10(12)6-9/h2-3,6,8H,4-5,7,13H2,1H3. The molecule has 0 bridgehead atoms. The molecule has 18 heavy (non-hydrogen) atoms. The summed E-state index contributed by atoms with van der Waals surface area (Å²) in [4.78, 5) is 0.209. The van der Waals surface area contributed by atoms with E-state index in [9.17, 15) is 8.42 Å². The van der Waals surface area contributed by atoms with Crippen molar-refractivity contribution in [3.05, 3.63) is 23.2 Å². The molecule has 4 nitrogen and oxygen atoms in total. The predicted molar refractivity (Wildman–Crippen MR) is 76.5 cm³/mol. The summed E-state index contributed by atoms with van der Waals surface area (Å²) in [5.74, 6) is 1.65. The minimum absolute atomic E-state index is 0.00470. The summed E-state index contributed by atoms with van der Waals surface area (Å²) in [6.07, 6.45) is 0. The van der Waals surface area contributed by atoms with Crippen molar-refractivity contribution in [2.45, 2.75) is 17.9 Å². The van der Waals surface area contributed by atoms with Gasteiger partial charge < -0.3 is 5.73 Å². The van der Waals surface area contributed by atoms with Gasteiger partial charge in [0, 0.05) is 24.1 Å². The first-order valence-corrected chi connectivity index (χ1v) is 8.55. The number of halogens is 1. The summed E-state index contributed by atoms with van der Waals surface area (Å²) in [5, 5.41) is 0.273. The Kier molecular flexibility index (Phi) is 4.11. The van der Waals surface area contributed by atoms with Gasteiger partial charge in [0.25, 0.3) is 0 Å². The van der Waals surface area contributed by atoms with Gasteiger partial charge in [0.15, 0.2) is 0 Å². The number of sulfonamides is 1. The molecule has 1 saturated heterocycles. The molecular formula is C11H15ClN2O2S2. The molecule has 1 aromatic rings. The Morgan fingerprint density at radius 3 is 2.83 bits per heavy atom. The third kappa shape index (κ3) is 2.61. The highest BCUT2D eigenvalue weighted by Gasteiger charge is 2.31. The van der Waals surface area contributed by atoms with Gasteiger partial charge in [-0.25, -0.2) is 8.42 Å². The van der Waals surface area contributed by atoms with Crippen LogP contribution in [0, 0.1) is 0 Å². The highest BCUT2D eigenvalue weighted by Crippen LogP contribution is 2.28. The third-order valence-corrected chi connectivity index (χ3v) is 6.41. The molecule has 0 saturated carbocycles. The Balaban J connectivity index is 2.37. The fourth-order valence-corrected chi connectivity index (χ4v) is 5.00. The fourth-order valence-electron chi connectivity index (χ4n) is 1.87. The van der Waals surface area contributed by atoms with E-state index >= 15 is 0 Å². The zero-order valence-corrected chi connectivity index (χ0v) is 12.4. The lowest BCUT2D eigenvalue weighted by molar-refractivity contribution is 0.367. The fraction of sp³-hybridized carbons (Fsp3) is 0.455. The Morgan fingerprint density at radius 2 is 2.22 bits per heavy atom. The molecule has 1 aromatic carbocycles. The molecule has 0 radical (unpaired) electrons. The molecular weight excluding hydrogens is 292 g/mol. The molecule has 7 heteroatoms. The van der Waals surface area contributed by atoms with E-state index in [2.05, 4.69) is 0 Å². The maximum atomic E-state index is 12.5. The van der Waals surface area contributed by atoms with Crippen LogP contribution in [0.1, 0.15) is 6.92 Å². The van der Waals surface area contributed by atoms with Gasteiger partial charge in [0.05, 0.1) is 15.6 Å². The molecule has 1 atom stereocenters. The smallest absolute Gasteiger partial charge is 0.243 e.